The van der Waals surface area contributed by atoms with Crippen molar-refractivity contribution in [2.24, 2.45) is 4.99 Å². The molecule has 1 atom stereocenters. The van der Waals surface area contributed by atoms with Gasteiger partial charge in [-0.25, -0.2) is 9.79 Å². The molecule has 0 saturated carbocycles. The van der Waals surface area contributed by atoms with Gasteiger partial charge in [-0.3, -0.25) is 9.36 Å². The number of thiazole rings is 1. The van der Waals surface area contributed by atoms with Gasteiger partial charge in [0.15, 0.2) is 16.3 Å². The number of aromatic nitrogens is 1. The van der Waals surface area contributed by atoms with Crippen molar-refractivity contribution in [2.75, 3.05) is 13.7 Å². The summed E-state index contributed by atoms with van der Waals surface area (Å²) in [5.74, 6) is -0.467. The van der Waals surface area contributed by atoms with Crippen LogP contribution < -0.4 is 23.8 Å². The first-order chi connectivity index (χ1) is 20.9. The highest BCUT2D eigenvalue weighted by atomic mass is 79.9. The number of benzene rings is 3. The molecule has 1 unspecified atom stereocenters. The number of carbonyl (C=O) groups excluding carboxylic acids is 1. The van der Waals surface area contributed by atoms with Crippen molar-refractivity contribution in [1.82, 2.24) is 4.57 Å². The molecule has 0 radical (unpaired) electrons. The molecule has 0 aliphatic carbocycles. The lowest BCUT2D eigenvalue weighted by Crippen LogP contribution is -2.39. The second-order valence-electron chi connectivity index (χ2n) is 9.74. The van der Waals surface area contributed by atoms with E-state index >= 15 is 0 Å². The van der Waals surface area contributed by atoms with Crippen molar-refractivity contribution >= 4 is 61.0 Å². The molecule has 0 saturated heterocycles. The van der Waals surface area contributed by atoms with Gasteiger partial charge in [0.05, 0.1) is 40.0 Å². The SMILES string of the molecule is CCOC(=O)C1=C(C)N=c2s/c(=C/c3cc(Br)c(OS(=O)(=O)c4ccc(C)cc4)c(OC)c3)c(=O)n2C1c1ccc(Cl)cc1. The number of nitrogens with zero attached hydrogens (tertiary/aromatic N) is 2. The highest BCUT2D eigenvalue weighted by molar-refractivity contribution is 9.10. The Morgan fingerprint density at radius 2 is 1.80 bits per heavy atom. The van der Waals surface area contributed by atoms with Crippen LogP contribution in [-0.4, -0.2) is 32.7 Å². The second kappa shape index (κ2) is 12.7. The maximum atomic E-state index is 13.9. The third-order valence-electron chi connectivity index (χ3n) is 6.76. The van der Waals surface area contributed by atoms with Gasteiger partial charge in [0, 0.05) is 5.02 Å². The summed E-state index contributed by atoms with van der Waals surface area (Å²) in [6.45, 7) is 5.43. The number of methoxy groups -OCH3 is 1. The number of hydrogen-bond donors (Lipinski definition) is 0. The maximum Gasteiger partial charge on any atom is 0.339 e. The van der Waals surface area contributed by atoms with Crippen LogP contribution in [0.1, 0.15) is 36.6 Å². The van der Waals surface area contributed by atoms with Gasteiger partial charge in [0.1, 0.15) is 4.90 Å². The largest absolute Gasteiger partial charge is 0.493 e. The van der Waals surface area contributed by atoms with Gasteiger partial charge < -0.3 is 13.7 Å². The zero-order valence-corrected chi connectivity index (χ0v) is 27.9. The third kappa shape index (κ3) is 6.25. The minimum Gasteiger partial charge on any atom is -0.493 e. The number of hydrogen-bond acceptors (Lipinski definition) is 9. The number of ether oxygens (including phenoxy) is 2. The highest BCUT2D eigenvalue weighted by Gasteiger charge is 2.33. The molecule has 44 heavy (non-hydrogen) atoms. The van der Waals surface area contributed by atoms with E-state index in [1.165, 1.54) is 23.8 Å². The van der Waals surface area contributed by atoms with Crippen molar-refractivity contribution in [2.45, 2.75) is 31.7 Å². The van der Waals surface area contributed by atoms with E-state index in [9.17, 15) is 18.0 Å². The van der Waals surface area contributed by atoms with Gasteiger partial charge in [0.2, 0.25) is 0 Å². The van der Waals surface area contributed by atoms with Crippen molar-refractivity contribution in [3.05, 3.63) is 118 Å². The van der Waals surface area contributed by atoms with Crippen molar-refractivity contribution < 1.29 is 26.9 Å². The van der Waals surface area contributed by atoms with E-state index in [2.05, 4.69) is 20.9 Å². The van der Waals surface area contributed by atoms with Crippen LogP contribution in [-0.2, 0) is 19.6 Å². The normalized spacial score (nSPS) is 15.0. The van der Waals surface area contributed by atoms with Gasteiger partial charge in [-0.05, 0) is 90.3 Å². The Balaban J connectivity index is 1.60. The van der Waals surface area contributed by atoms with Crippen LogP contribution >= 0.6 is 38.9 Å². The number of fused-ring (bicyclic) bond motifs is 1. The lowest BCUT2D eigenvalue weighted by atomic mass is 9.96. The Kier molecular flexibility index (Phi) is 9.17. The van der Waals surface area contributed by atoms with Gasteiger partial charge in [0.25, 0.3) is 5.56 Å². The van der Waals surface area contributed by atoms with Crippen LogP contribution in [0, 0.1) is 6.92 Å². The van der Waals surface area contributed by atoms with Crippen LogP contribution in [0.3, 0.4) is 0 Å². The average molecular weight is 718 g/mol. The molecule has 0 spiro atoms. The maximum absolute atomic E-state index is 13.9. The van der Waals surface area contributed by atoms with E-state index in [0.29, 0.717) is 35.7 Å². The average Bonchev–Trinajstić information content (AvgIpc) is 3.28. The summed E-state index contributed by atoms with van der Waals surface area (Å²) in [5, 5.41) is 0.512. The zero-order valence-electron chi connectivity index (χ0n) is 24.0. The van der Waals surface area contributed by atoms with Crippen LogP contribution in [0.2, 0.25) is 5.02 Å². The van der Waals surface area contributed by atoms with E-state index < -0.39 is 22.1 Å². The fourth-order valence-corrected chi connectivity index (χ4v) is 7.45. The summed E-state index contributed by atoms with van der Waals surface area (Å²) >= 11 is 10.7. The van der Waals surface area contributed by atoms with Gasteiger partial charge in [-0.1, -0.05) is 52.8 Å². The summed E-state index contributed by atoms with van der Waals surface area (Å²) in [5.41, 5.74) is 2.43. The van der Waals surface area contributed by atoms with Crippen LogP contribution in [0.25, 0.3) is 6.08 Å². The quantitative estimate of drug-likeness (QED) is 0.180. The molecule has 228 valence electrons. The molecule has 1 aliphatic rings. The molecule has 0 amide bonds. The Bertz CT molecular complexity index is 2090. The summed E-state index contributed by atoms with van der Waals surface area (Å²) in [6, 6.07) is 15.6. The fourth-order valence-electron chi connectivity index (χ4n) is 4.67. The lowest BCUT2D eigenvalue weighted by molar-refractivity contribution is -0.139. The minimum atomic E-state index is -4.16. The monoisotopic (exact) mass is 716 g/mol. The first-order valence-electron chi connectivity index (χ1n) is 13.3. The van der Waals surface area contributed by atoms with E-state index in [1.54, 1.807) is 68.5 Å². The van der Waals surface area contributed by atoms with Crippen molar-refractivity contribution in [3.8, 4) is 11.5 Å². The molecule has 0 fully saturated rings. The van der Waals surface area contributed by atoms with Gasteiger partial charge in [-0.15, -0.1) is 0 Å². The van der Waals surface area contributed by atoms with Crippen LogP contribution in [0.5, 0.6) is 11.5 Å². The minimum absolute atomic E-state index is 0.00466. The lowest BCUT2D eigenvalue weighted by Gasteiger charge is -2.24. The summed E-state index contributed by atoms with van der Waals surface area (Å²) in [4.78, 5) is 32.0. The molecule has 3 aromatic carbocycles. The van der Waals surface area contributed by atoms with Gasteiger partial charge in [-0.2, -0.15) is 8.42 Å². The topological polar surface area (TPSA) is 113 Å². The summed E-state index contributed by atoms with van der Waals surface area (Å²) < 4.78 is 44.3. The fraction of sp³-hybridized carbons (Fsp3) is 0.194. The number of rotatable bonds is 8. The number of halogens is 2. The number of aryl methyl sites for hydroxylation is 1. The number of carbonyl (C=O) groups is 1. The Labute approximate surface area is 271 Å². The first-order valence-corrected chi connectivity index (χ1v) is 16.7. The molecule has 4 aromatic rings. The Hall–Kier alpha value is -3.71. The highest BCUT2D eigenvalue weighted by Crippen LogP contribution is 2.39. The van der Waals surface area contributed by atoms with Gasteiger partial charge >= 0.3 is 16.1 Å². The molecule has 1 aliphatic heterocycles. The second-order valence-corrected chi connectivity index (χ2v) is 13.6. The molecule has 13 heteroatoms. The molecule has 0 bridgehead atoms. The molecule has 0 N–H and O–H groups in total. The number of allylic oxidation sites excluding steroid dienone is 1. The zero-order chi connectivity index (χ0) is 31.8. The van der Waals surface area contributed by atoms with E-state index in [4.69, 9.17) is 25.3 Å². The predicted octanol–water partition coefficient (Wildman–Crippen LogP) is 5.30. The molecule has 5 rings (SSSR count). The molecule has 2 heterocycles. The van der Waals surface area contributed by atoms with Crippen molar-refractivity contribution in [1.29, 1.82) is 0 Å². The molecular weight excluding hydrogens is 692 g/mol. The standard InChI is InChI=1S/C31H26BrClN2O7S2/c1-5-41-30(37)26-18(3)34-31-35(27(26)20-8-10-21(33)11-9-20)29(36)25(43-31)16-19-14-23(32)28(24(15-19)40-4)42-44(38,39)22-12-6-17(2)7-13-22/h6-16,27H,5H2,1-4H3/b25-16+. The smallest absolute Gasteiger partial charge is 0.339 e. The summed E-state index contributed by atoms with van der Waals surface area (Å²) in [7, 11) is -2.77. The molecule has 9 nitrogen and oxygen atoms in total. The Morgan fingerprint density at radius 3 is 2.43 bits per heavy atom. The third-order valence-corrected chi connectivity index (χ3v) is 9.81. The van der Waals surface area contributed by atoms with E-state index in [1.807, 2.05) is 6.92 Å². The van der Waals surface area contributed by atoms with Crippen molar-refractivity contribution in [3.63, 3.8) is 0 Å². The molecule has 1 aromatic heterocycles. The first kappa shape index (κ1) is 31.7. The van der Waals surface area contributed by atoms with E-state index in [-0.39, 0.29) is 34.1 Å². The number of esters is 1. The van der Waals surface area contributed by atoms with E-state index in [0.717, 1.165) is 16.9 Å². The van der Waals surface area contributed by atoms with Crippen LogP contribution in [0.4, 0.5) is 0 Å². The van der Waals surface area contributed by atoms with Crippen LogP contribution in [0.15, 0.2) is 91.1 Å². The predicted molar refractivity (Wildman–Crippen MR) is 172 cm³/mol. The summed E-state index contributed by atoms with van der Waals surface area (Å²) in [6.07, 6.45) is 1.64. The molecular formula is C31H26BrClN2O7S2. The Morgan fingerprint density at radius 1 is 1.11 bits per heavy atom.